The normalized spacial score (nSPS) is 12.6. The minimum atomic E-state index is -0.718. The fourth-order valence-corrected chi connectivity index (χ4v) is 2.03. The maximum atomic E-state index is 10.8. The second kappa shape index (κ2) is 12.1. The Kier molecular flexibility index (Phi) is 11.8. The molecule has 0 rings (SSSR count). The van der Waals surface area contributed by atoms with Gasteiger partial charge in [-0.05, 0) is 13.3 Å². The second-order valence-electron chi connectivity index (χ2n) is 5.10. The lowest BCUT2D eigenvalue weighted by Crippen LogP contribution is -2.16. The molecule has 0 aromatic rings. The highest BCUT2D eigenvalue weighted by Crippen LogP contribution is 2.12. The van der Waals surface area contributed by atoms with Gasteiger partial charge in [0.25, 0.3) is 0 Å². The first kappa shape index (κ1) is 16.6. The minimum absolute atomic E-state index is 0.0964. The lowest BCUT2D eigenvalue weighted by molar-refractivity contribution is -0.125. The molecule has 102 valence electrons. The molecule has 0 aromatic heterocycles. The lowest BCUT2D eigenvalue weighted by atomic mass is 10.0. The average Bonchev–Trinajstić information content (AvgIpc) is 2.31. The van der Waals surface area contributed by atoms with Gasteiger partial charge in [-0.1, -0.05) is 71.1 Å². The molecule has 0 aliphatic carbocycles. The Morgan fingerprint density at radius 1 is 0.882 bits per heavy atom. The highest BCUT2D eigenvalue weighted by Gasteiger charge is 2.07. The number of aliphatic hydroxyl groups is 1. The predicted octanol–water partition coefficient (Wildman–Crippen LogP) is 4.25. The highest BCUT2D eigenvalue weighted by atomic mass is 16.3. The zero-order valence-corrected chi connectivity index (χ0v) is 11.7. The van der Waals surface area contributed by atoms with Gasteiger partial charge in [0.05, 0.1) is 0 Å². The van der Waals surface area contributed by atoms with Crippen LogP contribution in [-0.2, 0) is 4.79 Å². The summed E-state index contributed by atoms with van der Waals surface area (Å²) in [5.74, 6) is -0.0964. The third-order valence-corrected chi connectivity index (χ3v) is 3.30. The summed E-state index contributed by atoms with van der Waals surface area (Å²) < 4.78 is 0. The zero-order chi connectivity index (χ0) is 12.9. The quantitative estimate of drug-likeness (QED) is 0.519. The molecule has 2 nitrogen and oxygen atoms in total. The molecule has 2 heteroatoms. The van der Waals surface area contributed by atoms with Crippen LogP contribution in [0.2, 0.25) is 0 Å². The monoisotopic (exact) mass is 242 g/mol. The van der Waals surface area contributed by atoms with Crippen LogP contribution in [-0.4, -0.2) is 17.0 Å². The molecule has 0 aromatic carbocycles. The predicted molar refractivity (Wildman–Crippen MR) is 73.1 cm³/mol. The van der Waals surface area contributed by atoms with Crippen LogP contribution < -0.4 is 0 Å². The molecule has 0 saturated carbocycles. The molecular weight excluding hydrogens is 212 g/mol. The number of ketones is 1. The number of rotatable bonds is 12. The SMILES string of the molecule is CCCCCCCCCCCCC(O)C(C)=O. The minimum Gasteiger partial charge on any atom is -0.385 e. The van der Waals surface area contributed by atoms with Gasteiger partial charge in [0.1, 0.15) is 6.10 Å². The van der Waals surface area contributed by atoms with E-state index in [1.54, 1.807) is 0 Å². The van der Waals surface area contributed by atoms with Gasteiger partial charge >= 0.3 is 0 Å². The van der Waals surface area contributed by atoms with Crippen LogP contribution >= 0.6 is 0 Å². The Morgan fingerprint density at radius 2 is 1.29 bits per heavy atom. The Hall–Kier alpha value is -0.370. The number of carbonyl (C=O) groups excluding carboxylic acids is 1. The van der Waals surface area contributed by atoms with Crippen molar-refractivity contribution in [3.05, 3.63) is 0 Å². The van der Waals surface area contributed by atoms with E-state index in [1.807, 2.05) is 0 Å². The van der Waals surface area contributed by atoms with E-state index < -0.39 is 6.10 Å². The molecule has 0 heterocycles. The summed E-state index contributed by atoms with van der Waals surface area (Å²) in [4.78, 5) is 10.8. The molecular formula is C15H30O2. The smallest absolute Gasteiger partial charge is 0.158 e. The van der Waals surface area contributed by atoms with E-state index in [4.69, 9.17) is 0 Å². The van der Waals surface area contributed by atoms with Crippen molar-refractivity contribution in [3.63, 3.8) is 0 Å². The van der Waals surface area contributed by atoms with E-state index >= 15 is 0 Å². The molecule has 0 spiro atoms. The third-order valence-electron chi connectivity index (χ3n) is 3.30. The first-order chi connectivity index (χ1) is 8.18. The van der Waals surface area contributed by atoms with Crippen LogP contribution in [0.1, 0.15) is 84.5 Å². The van der Waals surface area contributed by atoms with Crippen molar-refractivity contribution in [1.82, 2.24) is 0 Å². The molecule has 0 aliphatic heterocycles. The van der Waals surface area contributed by atoms with Crippen molar-refractivity contribution < 1.29 is 9.90 Å². The molecule has 1 N–H and O–H groups in total. The van der Waals surface area contributed by atoms with E-state index in [0.29, 0.717) is 6.42 Å². The molecule has 0 bridgehead atoms. The Morgan fingerprint density at radius 3 is 1.71 bits per heavy atom. The molecule has 0 amide bonds. The van der Waals surface area contributed by atoms with Gasteiger partial charge in [0, 0.05) is 0 Å². The van der Waals surface area contributed by atoms with Crippen molar-refractivity contribution in [2.24, 2.45) is 0 Å². The summed E-state index contributed by atoms with van der Waals surface area (Å²) in [6.45, 7) is 3.70. The van der Waals surface area contributed by atoms with E-state index in [9.17, 15) is 9.90 Å². The van der Waals surface area contributed by atoms with Crippen molar-refractivity contribution in [3.8, 4) is 0 Å². The van der Waals surface area contributed by atoms with Crippen molar-refractivity contribution >= 4 is 5.78 Å². The van der Waals surface area contributed by atoms with Crippen LogP contribution in [0, 0.1) is 0 Å². The summed E-state index contributed by atoms with van der Waals surface area (Å²) in [7, 11) is 0. The number of aliphatic hydroxyl groups excluding tert-OH is 1. The lowest BCUT2D eigenvalue weighted by Gasteiger charge is -2.06. The van der Waals surface area contributed by atoms with E-state index in [2.05, 4.69) is 6.92 Å². The van der Waals surface area contributed by atoms with E-state index in [0.717, 1.165) is 12.8 Å². The summed E-state index contributed by atoms with van der Waals surface area (Å²) >= 11 is 0. The van der Waals surface area contributed by atoms with E-state index in [1.165, 1.54) is 58.3 Å². The van der Waals surface area contributed by atoms with Gasteiger partial charge in [0.2, 0.25) is 0 Å². The molecule has 0 fully saturated rings. The van der Waals surface area contributed by atoms with Gasteiger partial charge in [-0.15, -0.1) is 0 Å². The largest absolute Gasteiger partial charge is 0.385 e. The Balaban J connectivity index is 3.06. The second-order valence-corrected chi connectivity index (χ2v) is 5.10. The maximum absolute atomic E-state index is 10.8. The molecule has 0 saturated heterocycles. The summed E-state index contributed by atoms with van der Waals surface area (Å²) in [6, 6.07) is 0. The molecule has 1 unspecified atom stereocenters. The van der Waals surface area contributed by atoms with Crippen LogP contribution in [0.4, 0.5) is 0 Å². The van der Waals surface area contributed by atoms with Gasteiger partial charge in [0.15, 0.2) is 5.78 Å². The van der Waals surface area contributed by atoms with E-state index in [-0.39, 0.29) is 5.78 Å². The van der Waals surface area contributed by atoms with Crippen molar-refractivity contribution in [1.29, 1.82) is 0 Å². The zero-order valence-electron chi connectivity index (χ0n) is 11.7. The number of hydrogen-bond acceptors (Lipinski definition) is 2. The Bertz CT molecular complexity index is 178. The van der Waals surface area contributed by atoms with Crippen LogP contribution in [0.5, 0.6) is 0 Å². The summed E-state index contributed by atoms with van der Waals surface area (Å²) in [6.07, 6.45) is 12.8. The van der Waals surface area contributed by atoms with Gasteiger partial charge < -0.3 is 5.11 Å². The number of carbonyl (C=O) groups is 1. The molecule has 0 radical (unpaired) electrons. The van der Waals surface area contributed by atoms with Gasteiger partial charge in [-0.2, -0.15) is 0 Å². The first-order valence-corrected chi connectivity index (χ1v) is 7.37. The molecule has 1 atom stereocenters. The summed E-state index contributed by atoms with van der Waals surface area (Å²) in [5, 5.41) is 9.30. The number of Topliss-reactive ketones (excluding diaryl/α,β-unsaturated/α-hetero) is 1. The molecule has 0 aliphatic rings. The van der Waals surface area contributed by atoms with Crippen molar-refractivity contribution in [2.75, 3.05) is 0 Å². The maximum Gasteiger partial charge on any atom is 0.158 e. The average molecular weight is 242 g/mol. The highest BCUT2D eigenvalue weighted by molar-refractivity contribution is 5.79. The van der Waals surface area contributed by atoms with Gasteiger partial charge in [-0.3, -0.25) is 4.79 Å². The standard InChI is InChI=1S/C15H30O2/c1-3-4-5-6-7-8-9-10-11-12-13-15(17)14(2)16/h15,17H,3-13H2,1-2H3. The number of unbranched alkanes of at least 4 members (excludes halogenated alkanes) is 9. The van der Waals surface area contributed by atoms with Crippen LogP contribution in [0.25, 0.3) is 0 Å². The van der Waals surface area contributed by atoms with Crippen LogP contribution in [0.3, 0.4) is 0 Å². The van der Waals surface area contributed by atoms with Gasteiger partial charge in [-0.25, -0.2) is 0 Å². The fraction of sp³-hybridized carbons (Fsp3) is 0.933. The van der Waals surface area contributed by atoms with Crippen molar-refractivity contribution in [2.45, 2.75) is 90.6 Å². The number of hydrogen-bond donors (Lipinski definition) is 1. The third kappa shape index (κ3) is 11.9. The molecule has 17 heavy (non-hydrogen) atoms. The first-order valence-electron chi connectivity index (χ1n) is 7.37. The van der Waals surface area contributed by atoms with Crippen LogP contribution in [0.15, 0.2) is 0 Å². The Labute approximate surface area is 107 Å². The topological polar surface area (TPSA) is 37.3 Å². The summed E-state index contributed by atoms with van der Waals surface area (Å²) in [5.41, 5.74) is 0. The fourth-order valence-electron chi connectivity index (χ4n) is 2.03.